The molecule has 5 rings (SSSR count). The summed E-state index contributed by atoms with van der Waals surface area (Å²) in [5.74, 6) is 0.425. The van der Waals surface area contributed by atoms with Gasteiger partial charge in [0.25, 0.3) is 5.56 Å². The lowest BCUT2D eigenvalue weighted by atomic mass is 10.1. The highest BCUT2D eigenvalue weighted by Crippen LogP contribution is 2.27. The molecule has 0 bridgehead atoms. The smallest absolute Gasteiger partial charge is 0.252 e. The van der Waals surface area contributed by atoms with Gasteiger partial charge in [0.1, 0.15) is 5.82 Å². The highest BCUT2D eigenvalue weighted by atomic mass is 19.1. The van der Waals surface area contributed by atoms with Gasteiger partial charge in [0.2, 0.25) is 0 Å². The molecule has 7 nitrogen and oxygen atoms in total. The van der Waals surface area contributed by atoms with Crippen molar-refractivity contribution in [2.45, 2.75) is 52.9 Å². The van der Waals surface area contributed by atoms with E-state index in [4.69, 9.17) is 0 Å². The van der Waals surface area contributed by atoms with E-state index in [0.717, 1.165) is 34.0 Å². The van der Waals surface area contributed by atoms with E-state index in [0.29, 0.717) is 31.0 Å². The molecule has 3 aromatic carbocycles. The molecule has 0 aliphatic rings. The van der Waals surface area contributed by atoms with Gasteiger partial charge < -0.3 is 4.98 Å². The molecular formula is C30H31FN6O. The second kappa shape index (κ2) is 11.1. The first-order valence-electron chi connectivity index (χ1n) is 12.8. The number of halogens is 1. The van der Waals surface area contributed by atoms with Crippen molar-refractivity contribution < 1.29 is 4.39 Å². The molecule has 1 N–H and O–H groups in total. The van der Waals surface area contributed by atoms with Crippen molar-refractivity contribution in [3.63, 3.8) is 0 Å². The van der Waals surface area contributed by atoms with Crippen LogP contribution < -0.4 is 5.56 Å². The third-order valence-corrected chi connectivity index (χ3v) is 6.89. The van der Waals surface area contributed by atoms with Crippen molar-refractivity contribution in [3.8, 4) is 0 Å². The van der Waals surface area contributed by atoms with Gasteiger partial charge in [0.15, 0.2) is 5.82 Å². The van der Waals surface area contributed by atoms with Crippen LogP contribution in [0.15, 0.2) is 77.6 Å². The second-order valence-corrected chi connectivity index (χ2v) is 9.85. The molecule has 2 heterocycles. The van der Waals surface area contributed by atoms with E-state index in [2.05, 4.69) is 63.5 Å². The number of aromatic amines is 1. The van der Waals surface area contributed by atoms with E-state index in [9.17, 15) is 9.18 Å². The normalized spacial score (nSPS) is 12.3. The van der Waals surface area contributed by atoms with Crippen molar-refractivity contribution in [2.75, 3.05) is 0 Å². The Labute approximate surface area is 220 Å². The number of nitrogens with one attached hydrogen (secondary N) is 1. The minimum atomic E-state index is -0.280. The number of aromatic nitrogens is 5. The van der Waals surface area contributed by atoms with Gasteiger partial charge in [0, 0.05) is 24.2 Å². The Morgan fingerprint density at radius 3 is 2.37 bits per heavy atom. The Morgan fingerprint density at radius 2 is 1.63 bits per heavy atom. The summed E-state index contributed by atoms with van der Waals surface area (Å²) in [4.78, 5) is 18.5. The molecule has 5 aromatic rings. The lowest BCUT2D eigenvalue weighted by Crippen LogP contribution is -2.32. The number of hydrogen-bond acceptors (Lipinski definition) is 5. The van der Waals surface area contributed by atoms with Gasteiger partial charge >= 0.3 is 0 Å². The van der Waals surface area contributed by atoms with Crippen LogP contribution in [0.4, 0.5) is 4.39 Å². The number of aryl methyl sites for hydroxylation is 2. The summed E-state index contributed by atoms with van der Waals surface area (Å²) in [6, 6.07) is 22.7. The number of benzene rings is 3. The Hall–Kier alpha value is -4.17. The van der Waals surface area contributed by atoms with Gasteiger partial charge in [-0.25, -0.2) is 9.07 Å². The van der Waals surface area contributed by atoms with Crippen LogP contribution in [-0.4, -0.2) is 30.1 Å². The van der Waals surface area contributed by atoms with E-state index >= 15 is 0 Å². The maximum absolute atomic E-state index is 13.4. The zero-order chi connectivity index (χ0) is 26.6. The van der Waals surface area contributed by atoms with Crippen LogP contribution in [0.5, 0.6) is 0 Å². The number of nitrogens with zero attached hydrogens (tertiary/aromatic N) is 5. The molecule has 0 saturated carbocycles. The van der Waals surface area contributed by atoms with Crippen LogP contribution >= 0.6 is 0 Å². The maximum atomic E-state index is 13.4. The number of hydrogen-bond donors (Lipinski definition) is 1. The molecule has 0 fully saturated rings. The lowest BCUT2D eigenvalue weighted by molar-refractivity contribution is 0.161. The number of H-pyrrole nitrogens is 1. The van der Waals surface area contributed by atoms with Crippen molar-refractivity contribution in [3.05, 3.63) is 123 Å². The van der Waals surface area contributed by atoms with E-state index < -0.39 is 0 Å². The predicted octanol–water partition coefficient (Wildman–Crippen LogP) is 5.47. The van der Waals surface area contributed by atoms with E-state index in [-0.39, 0.29) is 17.4 Å². The minimum Gasteiger partial charge on any atom is -0.322 e. The summed E-state index contributed by atoms with van der Waals surface area (Å²) in [5.41, 5.74) is 5.75. The van der Waals surface area contributed by atoms with Gasteiger partial charge in [-0.1, -0.05) is 61.0 Å². The first kappa shape index (κ1) is 25.5. The molecular weight excluding hydrogens is 479 g/mol. The van der Waals surface area contributed by atoms with Gasteiger partial charge in [-0.05, 0) is 77.0 Å². The molecule has 38 heavy (non-hydrogen) atoms. The average Bonchev–Trinajstić information content (AvgIpc) is 3.35. The predicted molar refractivity (Wildman–Crippen MR) is 146 cm³/mol. The number of rotatable bonds is 9. The summed E-state index contributed by atoms with van der Waals surface area (Å²) in [5, 5.41) is 13.6. The first-order valence-corrected chi connectivity index (χ1v) is 12.8. The molecule has 0 aliphatic carbocycles. The molecule has 1 unspecified atom stereocenters. The standard InChI is InChI=1S/C30H31FN6O/c1-4-28(29-33-34-35-37(29)18-23-10-13-26(31)14-11-23)36(17-22-8-5-20(2)6-9-22)19-25-16-24-12-7-21(3)15-27(24)32-30(25)38/h5-16,28H,4,17-19H2,1-3H3,(H,32,38). The zero-order valence-corrected chi connectivity index (χ0v) is 21.9. The zero-order valence-electron chi connectivity index (χ0n) is 21.9. The maximum Gasteiger partial charge on any atom is 0.252 e. The van der Waals surface area contributed by atoms with Gasteiger partial charge in [-0.15, -0.1) is 5.10 Å². The van der Waals surface area contributed by atoms with Gasteiger partial charge in [-0.2, -0.15) is 0 Å². The lowest BCUT2D eigenvalue weighted by Gasteiger charge is -2.30. The Bertz CT molecular complexity index is 1590. The third-order valence-electron chi connectivity index (χ3n) is 6.89. The fraction of sp³-hybridized carbons (Fsp3) is 0.267. The number of pyridine rings is 1. The molecule has 0 aliphatic heterocycles. The highest BCUT2D eigenvalue weighted by Gasteiger charge is 2.26. The Kier molecular flexibility index (Phi) is 7.42. The van der Waals surface area contributed by atoms with Crippen molar-refractivity contribution in [2.24, 2.45) is 0 Å². The average molecular weight is 511 g/mol. The fourth-order valence-electron chi connectivity index (χ4n) is 4.83. The van der Waals surface area contributed by atoms with Crippen LogP contribution in [-0.2, 0) is 19.6 Å². The summed E-state index contributed by atoms with van der Waals surface area (Å²) < 4.78 is 15.2. The van der Waals surface area contributed by atoms with Gasteiger partial charge in [0.05, 0.1) is 12.6 Å². The summed E-state index contributed by atoms with van der Waals surface area (Å²) >= 11 is 0. The molecule has 194 valence electrons. The highest BCUT2D eigenvalue weighted by molar-refractivity contribution is 5.79. The van der Waals surface area contributed by atoms with E-state index in [1.54, 1.807) is 16.8 Å². The summed E-state index contributed by atoms with van der Waals surface area (Å²) in [7, 11) is 0. The molecule has 2 aromatic heterocycles. The Balaban J connectivity index is 1.51. The van der Waals surface area contributed by atoms with Crippen LogP contribution in [0.1, 0.15) is 53.0 Å². The van der Waals surface area contributed by atoms with Crippen molar-refractivity contribution >= 4 is 10.9 Å². The third kappa shape index (κ3) is 5.70. The number of tetrazole rings is 1. The molecule has 8 heteroatoms. The molecule has 0 saturated heterocycles. The second-order valence-electron chi connectivity index (χ2n) is 9.85. The van der Waals surface area contributed by atoms with Crippen LogP contribution in [0.25, 0.3) is 10.9 Å². The Morgan fingerprint density at radius 1 is 0.921 bits per heavy atom. The quantitative estimate of drug-likeness (QED) is 0.284. The summed E-state index contributed by atoms with van der Waals surface area (Å²) in [6.07, 6.45) is 0.736. The molecule has 1 atom stereocenters. The molecule has 0 spiro atoms. The van der Waals surface area contributed by atoms with Crippen LogP contribution in [0, 0.1) is 19.7 Å². The minimum absolute atomic E-state index is 0.0993. The first-order chi connectivity index (χ1) is 18.4. The fourth-order valence-corrected chi connectivity index (χ4v) is 4.83. The summed E-state index contributed by atoms with van der Waals surface area (Å²) in [6.45, 7) is 7.64. The topological polar surface area (TPSA) is 79.7 Å². The van der Waals surface area contributed by atoms with E-state index in [1.165, 1.54) is 17.7 Å². The van der Waals surface area contributed by atoms with Crippen molar-refractivity contribution in [1.82, 2.24) is 30.1 Å². The monoisotopic (exact) mass is 510 g/mol. The number of fused-ring (bicyclic) bond motifs is 1. The largest absolute Gasteiger partial charge is 0.322 e. The molecule has 0 radical (unpaired) electrons. The van der Waals surface area contributed by atoms with E-state index in [1.807, 2.05) is 31.2 Å². The SMILES string of the molecule is CCC(c1nnnn1Cc1ccc(F)cc1)N(Cc1ccc(C)cc1)Cc1cc2ccc(C)cc2[nH]c1=O. The van der Waals surface area contributed by atoms with Crippen molar-refractivity contribution in [1.29, 1.82) is 0 Å². The van der Waals surface area contributed by atoms with Crippen LogP contribution in [0.2, 0.25) is 0 Å². The molecule has 0 amide bonds. The van der Waals surface area contributed by atoms with Gasteiger partial charge in [-0.3, -0.25) is 9.69 Å². The van der Waals surface area contributed by atoms with Crippen LogP contribution in [0.3, 0.4) is 0 Å².